The Morgan fingerprint density at radius 1 is 1.19 bits per heavy atom. The van der Waals surface area contributed by atoms with Crippen LogP contribution >= 0.6 is 15.9 Å². The molecule has 0 aromatic heterocycles. The van der Waals surface area contributed by atoms with Crippen LogP contribution in [-0.2, 0) is 16.0 Å². The van der Waals surface area contributed by atoms with Crippen LogP contribution in [0.25, 0.3) is 0 Å². The van der Waals surface area contributed by atoms with Gasteiger partial charge in [-0.2, -0.15) is 0 Å². The molecule has 1 N–H and O–H groups in total. The molecule has 1 atom stereocenters. The Hall–Kier alpha value is -2.14. The van der Waals surface area contributed by atoms with Crippen LogP contribution in [0.4, 0.5) is 11.4 Å². The lowest BCUT2D eigenvalue weighted by atomic mass is 10.1. The van der Waals surface area contributed by atoms with Crippen LogP contribution in [0.5, 0.6) is 0 Å². The average Bonchev–Trinajstić information content (AvgIpc) is 3.00. The standard InChI is InChI=1S/C21H23BrN2O2/c1-4-15-5-7-18(8-6-15)24-12-16(11-19(24)25)21(26)23-20-13(2)9-17(22)10-14(20)3/h5-10,16H,4,11-12H2,1-3H3,(H,23,26)/t16-/m0/s1. The van der Waals surface area contributed by atoms with Crippen LogP contribution in [0.2, 0.25) is 0 Å². The van der Waals surface area contributed by atoms with Crippen molar-refractivity contribution in [3.63, 3.8) is 0 Å². The van der Waals surface area contributed by atoms with Crippen LogP contribution in [-0.4, -0.2) is 18.4 Å². The Morgan fingerprint density at radius 3 is 2.38 bits per heavy atom. The van der Waals surface area contributed by atoms with Gasteiger partial charge in [0.1, 0.15) is 0 Å². The lowest BCUT2D eigenvalue weighted by molar-refractivity contribution is -0.122. The van der Waals surface area contributed by atoms with Gasteiger partial charge >= 0.3 is 0 Å². The van der Waals surface area contributed by atoms with Gasteiger partial charge in [0, 0.05) is 28.8 Å². The minimum Gasteiger partial charge on any atom is -0.325 e. The summed E-state index contributed by atoms with van der Waals surface area (Å²) in [6.07, 6.45) is 1.21. The molecule has 1 aliphatic rings. The molecule has 4 nitrogen and oxygen atoms in total. The molecule has 2 aromatic carbocycles. The van der Waals surface area contributed by atoms with E-state index >= 15 is 0 Å². The predicted octanol–water partition coefficient (Wildman–Crippen LogP) is 4.62. The zero-order valence-electron chi connectivity index (χ0n) is 15.3. The summed E-state index contributed by atoms with van der Waals surface area (Å²) in [4.78, 5) is 26.9. The molecule has 0 spiro atoms. The van der Waals surface area contributed by atoms with E-state index < -0.39 is 0 Å². The van der Waals surface area contributed by atoms with Crippen molar-refractivity contribution >= 4 is 39.1 Å². The minimum atomic E-state index is -0.337. The topological polar surface area (TPSA) is 49.4 Å². The van der Waals surface area contributed by atoms with Crippen LogP contribution in [0.3, 0.4) is 0 Å². The van der Waals surface area contributed by atoms with Gasteiger partial charge in [0.15, 0.2) is 0 Å². The highest BCUT2D eigenvalue weighted by Crippen LogP contribution is 2.29. The first-order chi connectivity index (χ1) is 12.4. The first-order valence-corrected chi connectivity index (χ1v) is 9.65. The van der Waals surface area contributed by atoms with Gasteiger partial charge in [0.2, 0.25) is 11.8 Å². The van der Waals surface area contributed by atoms with Gasteiger partial charge < -0.3 is 10.2 Å². The average molecular weight is 415 g/mol. The number of carbonyl (C=O) groups is 2. The molecule has 1 heterocycles. The molecule has 0 aliphatic carbocycles. The lowest BCUT2D eigenvalue weighted by Crippen LogP contribution is -2.28. The van der Waals surface area contributed by atoms with Crippen molar-refractivity contribution in [2.45, 2.75) is 33.6 Å². The molecular formula is C21H23BrN2O2. The first-order valence-electron chi connectivity index (χ1n) is 8.86. The molecule has 0 unspecified atom stereocenters. The zero-order valence-corrected chi connectivity index (χ0v) is 16.9. The number of aryl methyl sites for hydroxylation is 3. The van der Waals surface area contributed by atoms with Gasteiger partial charge in [-0.25, -0.2) is 0 Å². The van der Waals surface area contributed by atoms with E-state index in [4.69, 9.17) is 0 Å². The fourth-order valence-corrected chi connectivity index (χ4v) is 4.06. The summed E-state index contributed by atoms with van der Waals surface area (Å²) >= 11 is 3.47. The van der Waals surface area contributed by atoms with Crippen molar-refractivity contribution in [2.75, 3.05) is 16.8 Å². The van der Waals surface area contributed by atoms with Crippen molar-refractivity contribution in [1.29, 1.82) is 0 Å². The monoisotopic (exact) mass is 414 g/mol. The summed E-state index contributed by atoms with van der Waals surface area (Å²) in [7, 11) is 0. The third-order valence-electron chi connectivity index (χ3n) is 4.90. The van der Waals surface area contributed by atoms with Crippen LogP contribution in [0.1, 0.15) is 30.0 Å². The molecule has 5 heteroatoms. The van der Waals surface area contributed by atoms with E-state index in [1.165, 1.54) is 5.56 Å². The van der Waals surface area contributed by atoms with Crippen molar-refractivity contribution in [3.8, 4) is 0 Å². The summed E-state index contributed by atoms with van der Waals surface area (Å²) < 4.78 is 0.989. The van der Waals surface area contributed by atoms with Gasteiger partial charge in [0.05, 0.1) is 5.92 Å². The molecule has 3 rings (SSSR count). The third kappa shape index (κ3) is 3.83. The second kappa shape index (κ2) is 7.62. The number of halogens is 1. The fraction of sp³-hybridized carbons (Fsp3) is 0.333. The van der Waals surface area contributed by atoms with E-state index in [0.29, 0.717) is 6.54 Å². The van der Waals surface area contributed by atoms with E-state index in [2.05, 4.69) is 28.2 Å². The lowest BCUT2D eigenvalue weighted by Gasteiger charge is -2.18. The quantitative estimate of drug-likeness (QED) is 0.792. The molecule has 0 bridgehead atoms. The maximum Gasteiger partial charge on any atom is 0.229 e. The Bertz CT molecular complexity index is 823. The van der Waals surface area contributed by atoms with Crippen LogP contribution in [0, 0.1) is 19.8 Å². The highest BCUT2D eigenvalue weighted by molar-refractivity contribution is 9.10. The number of amides is 2. The van der Waals surface area contributed by atoms with E-state index in [1.54, 1.807) is 4.90 Å². The number of hydrogen-bond acceptors (Lipinski definition) is 2. The van der Waals surface area contributed by atoms with Crippen molar-refractivity contribution < 1.29 is 9.59 Å². The molecule has 0 saturated carbocycles. The number of carbonyl (C=O) groups excluding carboxylic acids is 2. The molecule has 0 radical (unpaired) electrons. The van der Waals surface area contributed by atoms with Crippen LogP contribution in [0.15, 0.2) is 40.9 Å². The third-order valence-corrected chi connectivity index (χ3v) is 5.36. The van der Waals surface area contributed by atoms with Crippen molar-refractivity contribution in [2.24, 2.45) is 5.92 Å². The Morgan fingerprint density at radius 2 is 1.81 bits per heavy atom. The van der Waals surface area contributed by atoms with E-state index in [9.17, 15) is 9.59 Å². The number of nitrogens with one attached hydrogen (secondary N) is 1. The number of nitrogens with zero attached hydrogens (tertiary/aromatic N) is 1. The summed E-state index contributed by atoms with van der Waals surface area (Å²) in [6.45, 7) is 6.46. The Kier molecular flexibility index (Phi) is 5.47. The second-order valence-corrected chi connectivity index (χ2v) is 7.74. The number of rotatable bonds is 4. The predicted molar refractivity (Wildman–Crippen MR) is 109 cm³/mol. The van der Waals surface area contributed by atoms with Gasteiger partial charge in [-0.1, -0.05) is 35.0 Å². The Balaban J connectivity index is 1.73. The molecule has 1 saturated heterocycles. The summed E-state index contributed by atoms with van der Waals surface area (Å²) in [5.41, 5.74) is 4.92. The van der Waals surface area contributed by atoms with Gasteiger partial charge in [-0.3, -0.25) is 9.59 Å². The summed E-state index contributed by atoms with van der Waals surface area (Å²) in [5, 5.41) is 3.02. The van der Waals surface area contributed by atoms with Gasteiger partial charge in [0.25, 0.3) is 0 Å². The molecular weight excluding hydrogens is 392 g/mol. The SMILES string of the molecule is CCc1ccc(N2C[C@@H](C(=O)Nc3c(C)cc(Br)cc3C)CC2=O)cc1. The van der Waals surface area contributed by atoms with Crippen molar-refractivity contribution in [1.82, 2.24) is 0 Å². The first kappa shape index (κ1) is 18.6. The van der Waals surface area contributed by atoms with E-state index in [1.807, 2.05) is 50.2 Å². The summed E-state index contributed by atoms with van der Waals surface area (Å²) in [6, 6.07) is 11.9. The molecule has 1 fully saturated rings. The second-order valence-electron chi connectivity index (χ2n) is 6.83. The highest BCUT2D eigenvalue weighted by Gasteiger charge is 2.35. The maximum atomic E-state index is 12.7. The number of benzene rings is 2. The number of anilines is 2. The van der Waals surface area contributed by atoms with E-state index in [0.717, 1.165) is 33.4 Å². The maximum absolute atomic E-state index is 12.7. The van der Waals surface area contributed by atoms with Gasteiger partial charge in [-0.15, -0.1) is 0 Å². The smallest absolute Gasteiger partial charge is 0.229 e. The minimum absolute atomic E-state index is 0.00125. The normalized spacial score (nSPS) is 16.8. The molecule has 26 heavy (non-hydrogen) atoms. The summed E-state index contributed by atoms with van der Waals surface area (Å²) in [5.74, 6) is -0.436. The zero-order chi connectivity index (χ0) is 18.8. The Labute approximate surface area is 162 Å². The van der Waals surface area contributed by atoms with Crippen LogP contribution < -0.4 is 10.2 Å². The fourth-order valence-electron chi connectivity index (χ4n) is 3.38. The molecule has 2 amide bonds. The molecule has 1 aliphatic heterocycles. The van der Waals surface area contributed by atoms with Crippen molar-refractivity contribution in [3.05, 3.63) is 57.6 Å². The van der Waals surface area contributed by atoms with Gasteiger partial charge in [-0.05, 0) is 61.2 Å². The highest BCUT2D eigenvalue weighted by atomic mass is 79.9. The molecule has 2 aromatic rings. The number of hydrogen-bond donors (Lipinski definition) is 1. The molecule has 136 valence electrons. The van der Waals surface area contributed by atoms with E-state index in [-0.39, 0.29) is 24.2 Å². The largest absolute Gasteiger partial charge is 0.325 e.